The molecule has 3 heteroatoms. The quantitative estimate of drug-likeness (QED) is 0.315. The Morgan fingerprint density at radius 1 is 0.667 bits per heavy atom. The molecule has 1 aliphatic rings. The summed E-state index contributed by atoms with van der Waals surface area (Å²) in [4.78, 5) is 0. The summed E-state index contributed by atoms with van der Waals surface area (Å²) in [5.74, 6) is 3.19. The van der Waals surface area contributed by atoms with Crippen molar-refractivity contribution in [2.75, 3.05) is 5.32 Å². The van der Waals surface area contributed by atoms with Gasteiger partial charge >= 0.3 is 0 Å². The maximum Gasteiger partial charge on any atom is 0.255 e. The number of anilines is 1. The fourth-order valence-corrected chi connectivity index (χ4v) is 5.26. The highest BCUT2D eigenvalue weighted by Crippen LogP contribution is 2.29. The number of aromatic nitrogens is 2. The zero-order valence-corrected chi connectivity index (χ0v) is 23.9. The summed E-state index contributed by atoms with van der Waals surface area (Å²) in [5.41, 5.74) is 8.13. The number of nitrogens with zero attached hydrogens (tertiary/aromatic N) is 2. The maximum absolute atomic E-state index is 3.95. The van der Waals surface area contributed by atoms with Gasteiger partial charge in [0.25, 0.3) is 6.33 Å². The molecular weight excluding hydrogens is 438 g/mol. The summed E-state index contributed by atoms with van der Waals surface area (Å²) in [6.07, 6.45) is 11.1. The van der Waals surface area contributed by atoms with Crippen molar-refractivity contribution in [2.24, 2.45) is 0 Å². The summed E-state index contributed by atoms with van der Waals surface area (Å²) >= 11 is 0. The number of benzene rings is 2. The molecule has 4 rings (SSSR count). The van der Waals surface area contributed by atoms with Crippen LogP contribution in [-0.4, -0.2) is 10.6 Å². The second-order valence-corrected chi connectivity index (χ2v) is 12.2. The second kappa shape index (κ2) is 11.2. The monoisotopic (exact) mass is 486 g/mol. The van der Waals surface area contributed by atoms with E-state index in [0.717, 1.165) is 0 Å². The number of nitrogens with one attached hydrogen (secondary N) is 1. The molecule has 0 amide bonds. The van der Waals surface area contributed by atoms with Gasteiger partial charge < -0.3 is 5.32 Å². The van der Waals surface area contributed by atoms with Crippen LogP contribution in [0.3, 0.4) is 0 Å². The lowest BCUT2D eigenvalue weighted by Crippen LogP contribution is -2.28. The van der Waals surface area contributed by atoms with Gasteiger partial charge in [-0.2, -0.15) is 9.13 Å². The van der Waals surface area contributed by atoms with Gasteiger partial charge in [-0.25, -0.2) is 0 Å². The molecule has 0 bridgehead atoms. The molecule has 1 aromatic heterocycles. The molecule has 1 heterocycles. The molecule has 0 spiro atoms. The summed E-state index contributed by atoms with van der Waals surface area (Å²) in [6, 6.07) is 14.8. The Balaban J connectivity index is 1.86. The van der Waals surface area contributed by atoms with Crippen LogP contribution in [0.15, 0.2) is 48.9 Å². The van der Waals surface area contributed by atoms with Crippen LogP contribution in [0.5, 0.6) is 0 Å². The molecule has 194 valence electrons. The molecule has 2 aromatic carbocycles. The lowest BCUT2D eigenvalue weighted by molar-refractivity contribution is -0.594. The molecule has 0 radical (unpaired) electrons. The molecule has 3 nitrogen and oxygen atoms in total. The third-order valence-corrected chi connectivity index (χ3v) is 7.89. The van der Waals surface area contributed by atoms with Crippen LogP contribution in [0.1, 0.15) is 133 Å². The Bertz CT molecular complexity index is 1110. The minimum Gasteiger partial charge on any atom is -0.347 e. The van der Waals surface area contributed by atoms with Crippen molar-refractivity contribution in [3.8, 4) is 11.4 Å². The molecule has 3 aromatic rings. The van der Waals surface area contributed by atoms with E-state index in [0.29, 0.717) is 29.7 Å². The van der Waals surface area contributed by atoms with Crippen LogP contribution in [0.4, 0.5) is 5.82 Å². The first-order valence-electron chi connectivity index (χ1n) is 14.3. The van der Waals surface area contributed by atoms with E-state index >= 15 is 0 Å². The third kappa shape index (κ3) is 6.05. The number of imidazole rings is 1. The molecule has 0 unspecified atom stereocenters. The smallest absolute Gasteiger partial charge is 0.255 e. The van der Waals surface area contributed by atoms with Gasteiger partial charge in [0.1, 0.15) is 11.4 Å². The molecular formula is C33H48N3+. The predicted molar refractivity (Wildman–Crippen MR) is 154 cm³/mol. The lowest BCUT2D eigenvalue weighted by Gasteiger charge is -2.22. The van der Waals surface area contributed by atoms with Crippen molar-refractivity contribution in [3.05, 3.63) is 71.2 Å². The first-order valence-corrected chi connectivity index (χ1v) is 14.3. The predicted octanol–water partition coefficient (Wildman–Crippen LogP) is 8.99. The van der Waals surface area contributed by atoms with Crippen LogP contribution in [-0.2, 0) is 0 Å². The van der Waals surface area contributed by atoms with Crippen LogP contribution >= 0.6 is 0 Å². The molecule has 1 saturated carbocycles. The first kappa shape index (κ1) is 26.5. The van der Waals surface area contributed by atoms with Crippen molar-refractivity contribution in [2.45, 2.75) is 117 Å². The van der Waals surface area contributed by atoms with E-state index in [1.807, 2.05) is 0 Å². The van der Waals surface area contributed by atoms with Gasteiger partial charge in [-0.3, -0.25) is 0 Å². The molecule has 0 saturated heterocycles. The Labute approximate surface area is 220 Å². The van der Waals surface area contributed by atoms with E-state index in [1.54, 1.807) is 0 Å². The second-order valence-electron chi connectivity index (χ2n) is 12.2. The van der Waals surface area contributed by atoms with Gasteiger partial charge in [0.05, 0.1) is 0 Å². The van der Waals surface area contributed by atoms with Crippen molar-refractivity contribution in [1.82, 2.24) is 4.57 Å². The average Bonchev–Trinajstić information content (AvgIpc) is 3.27. The summed E-state index contributed by atoms with van der Waals surface area (Å²) in [6.45, 7) is 18.4. The highest BCUT2D eigenvalue weighted by atomic mass is 15.2. The third-order valence-electron chi connectivity index (χ3n) is 7.89. The Morgan fingerprint density at radius 2 is 1.14 bits per heavy atom. The van der Waals surface area contributed by atoms with E-state index in [9.17, 15) is 0 Å². The largest absolute Gasteiger partial charge is 0.347 e. The molecule has 36 heavy (non-hydrogen) atoms. The van der Waals surface area contributed by atoms with Gasteiger partial charge in [-0.1, -0.05) is 86.8 Å². The highest BCUT2D eigenvalue weighted by Gasteiger charge is 2.23. The van der Waals surface area contributed by atoms with E-state index in [1.165, 1.54) is 71.6 Å². The fourth-order valence-electron chi connectivity index (χ4n) is 5.26. The Kier molecular flexibility index (Phi) is 8.27. The van der Waals surface area contributed by atoms with E-state index < -0.39 is 0 Å². The molecule has 1 fully saturated rings. The standard InChI is InChI=1S/C33H48N3/c1-22(2)26-14-27(23(3)4)17-31(16-26)35-20-33(34-30-12-10-9-11-13-30)36(21-35)32-18-28(24(5)6)15-29(19-32)25(7)8/h14-25,30,34H,9-13H2,1-8H3/q+1. The van der Waals surface area contributed by atoms with Crippen LogP contribution in [0.2, 0.25) is 0 Å². The van der Waals surface area contributed by atoms with E-state index in [4.69, 9.17) is 0 Å². The van der Waals surface area contributed by atoms with Crippen LogP contribution in [0, 0.1) is 0 Å². The van der Waals surface area contributed by atoms with Crippen molar-refractivity contribution in [1.29, 1.82) is 0 Å². The summed E-state index contributed by atoms with van der Waals surface area (Å²) < 4.78 is 4.73. The molecule has 1 N–H and O–H groups in total. The van der Waals surface area contributed by atoms with Crippen molar-refractivity contribution in [3.63, 3.8) is 0 Å². The van der Waals surface area contributed by atoms with Crippen LogP contribution < -0.4 is 9.88 Å². The minimum atomic E-state index is 0.496. The van der Waals surface area contributed by atoms with Gasteiger partial charge in [0, 0.05) is 6.04 Å². The Hall–Kier alpha value is -2.55. The minimum absolute atomic E-state index is 0.496. The van der Waals surface area contributed by atoms with Crippen molar-refractivity contribution < 1.29 is 4.57 Å². The first-order chi connectivity index (χ1) is 17.1. The van der Waals surface area contributed by atoms with E-state index in [-0.39, 0.29) is 0 Å². The number of hydrogen-bond donors (Lipinski definition) is 1. The van der Waals surface area contributed by atoms with E-state index in [2.05, 4.69) is 119 Å². The molecule has 0 atom stereocenters. The van der Waals surface area contributed by atoms with Gasteiger partial charge in [0.2, 0.25) is 5.82 Å². The molecule has 0 aliphatic heterocycles. The zero-order valence-electron chi connectivity index (χ0n) is 23.9. The SMILES string of the molecule is CC(C)c1cc(C(C)C)cc(-n2c[n+](-c3cc(C(C)C)cc(C(C)C)c3)cc2NC2CCCCC2)c1. The lowest BCUT2D eigenvalue weighted by atomic mass is 9.94. The normalized spacial score (nSPS) is 15.0. The van der Waals surface area contributed by atoms with Crippen LogP contribution in [0.25, 0.3) is 11.4 Å². The zero-order chi connectivity index (χ0) is 26.0. The number of hydrogen-bond acceptors (Lipinski definition) is 1. The summed E-state index contributed by atoms with van der Waals surface area (Å²) in [5, 5.41) is 3.95. The van der Waals surface area contributed by atoms with Gasteiger partial charge in [-0.05, 0) is 83.0 Å². The maximum atomic E-state index is 3.95. The average molecular weight is 487 g/mol. The highest BCUT2D eigenvalue weighted by molar-refractivity contribution is 5.49. The van der Waals surface area contributed by atoms with Gasteiger partial charge in [0.15, 0.2) is 6.20 Å². The molecule has 1 aliphatic carbocycles. The topological polar surface area (TPSA) is 20.8 Å². The Morgan fingerprint density at radius 3 is 1.61 bits per heavy atom. The summed E-state index contributed by atoms with van der Waals surface area (Å²) in [7, 11) is 0. The number of rotatable bonds is 8. The van der Waals surface area contributed by atoms with Gasteiger partial charge in [-0.15, -0.1) is 0 Å². The fraction of sp³-hybridized carbons (Fsp3) is 0.545. The van der Waals surface area contributed by atoms with Crippen molar-refractivity contribution >= 4 is 5.82 Å².